The number of aliphatic hydroxyl groups excluding tert-OH is 1. The van der Waals surface area contributed by atoms with Gasteiger partial charge >= 0.3 is 0 Å². The summed E-state index contributed by atoms with van der Waals surface area (Å²) in [7, 11) is -3.55. The molecular weight excluding hydrogens is 300 g/mol. The summed E-state index contributed by atoms with van der Waals surface area (Å²) in [5.74, 6) is 0. The molecule has 1 aliphatic rings. The van der Waals surface area contributed by atoms with Gasteiger partial charge in [-0.05, 0) is 38.8 Å². The van der Waals surface area contributed by atoms with Gasteiger partial charge in [0.25, 0.3) is 0 Å². The van der Waals surface area contributed by atoms with Crippen molar-refractivity contribution in [2.75, 3.05) is 13.1 Å². The monoisotopic (exact) mass is 326 g/mol. The molecular formula is C16H26N2O3S. The first-order chi connectivity index (χ1) is 10.4. The maximum Gasteiger partial charge on any atom is 0.240 e. The molecule has 1 fully saturated rings. The highest BCUT2D eigenvalue weighted by Crippen LogP contribution is 2.22. The number of likely N-dealkylation sites (tertiary alicyclic amines) is 1. The van der Waals surface area contributed by atoms with Crippen LogP contribution in [0.3, 0.4) is 0 Å². The van der Waals surface area contributed by atoms with E-state index >= 15 is 0 Å². The molecule has 3 atom stereocenters. The van der Waals surface area contributed by atoms with Gasteiger partial charge in [-0.3, -0.25) is 4.90 Å². The van der Waals surface area contributed by atoms with Crippen LogP contribution in [-0.4, -0.2) is 49.7 Å². The highest BCUT2D eigenvalue weighted by molar-refractivity contribution is 7.89. The van der Waals surface area contributed by atoms with Gasteiger partial charge in [0.2, 0.25) is 10.0 Å². The van der Waals surface area contributed by atoms with E-state index in [4.69, 9.17) is 0 Å². The minimum absolute atomic E-state index is 0.0349. The molecule has 1 heterocycles. The van der Waals surface area contributed by atoms with Crippen molar-refractivity contribution in [3.05, 3.63) is 30.3 Å². The lowest BCUT2D eigenvalue weighted by Gasteiger charge is -2.40. The predicted molar refractivity (Wildman–Crippen MR) is 87.1 cm³/mol. The standard InChI is InChI=1S/C16H26N2O3S/c1-13-7-6-8-14(2)18(13)12-15(19)11-17-22(20,21)16-9-4-3-5-10-16/h3-5,9-10,13-15,17,19H,6-8,11-12H2,1-2H3/t13-,14+,15-/m0/s1. The van der Waals surface area contributed by atoms with Crippen molar-refractivity contribution in [2.24, 2.45) is 0 Å². The summed E-state index contributed by atoms with van der Waals surface area (Å²) >= 11 is 0. The van der Waals surface area contributed by atoms with Gasteiger partial charge in [-0.25, -0.2) is 13.1 Å². The minimum Gasteiger partial charge on any atom is -0.390 e. The first kappa shape index (κ1) is 17.4. The van der Waals surface area contributed by atoms with Crippen LogP contribution in [0, 0.1) is 0 Å². The maximum atomic E-state index is 12.1. The molecule has 1 aliphatic heterocycles. The molecule has 22 heavy (non-hydrogen) atoms. The molecule has 1 aromatic rings. The van der Waals surface area contributed by atoms with Crippen LogP contribution in [0.25, 0.3) is 0 Å². The average Bonchev–Trinajstić information content (AvgIpc) is 2.50. The van der Waals surface area contributed by atoms with Gasteiger partial charge in [0.05, 0.1) is 11.0 Å². The summed E-state index contributed by atoms with van der Waals surface area (Å²) in [6.45, 7) is 4.86. The van der Waals surface area contributed by atoms with Gasteiger partial charge in [-0.1, -0.05) is 24.6 Å². The molecule has 0 radical (unpaired) electrons. The maximum absolute atomic E-state index is 12.1. The molecule has 0 amide bonds. The average molecular weight is 326 g/mol. The van der Waals surface area contributed by atoms with Crippen molar-refractivity contribution < 1.29 is 13.5 Å². The molecule has 2 rings (SSSR count). The molecule has 0 unspecified atom stereocenters. The third-order valence-electron chi connectivity index (χ3n) is 4.36. The number of hydrogen-bond acceptors (Lipinski definition) is 4. The van der Waals surface area contributed by atoms with Crippen LogP contribution in [0.1, 0.15) is 33.1 Å². The molecule has 1 aromatic carbocycles. The molecule has 124 valence electrons. The highest BCUT2D eigenvalue weighted by Gasteiger charge is 2.26. The molecule has 6 heteroatoms. The molecule has 0 aromatic heterocycles. The molecule has 0 saturated carbocycles. The van der Waals surface area contributed by atoms with E-state index in [-0.39, 0.29) is 11.4 Å². The second kappa shape index (κ2) is 7.55. The van der Waals surface area contributed by atoms with Crippen LogP contribution in [0.4, 0.5) is 0 Å². The first-order valence-electron chi connectivity index (χ1n) is 7.88. The highest BCUT2D eigenvalue weighted by atomic mass is 32.2. The van der Waals surface area contributed by atoms with E-state index in [1.807, 2.05) is 0 Å². The zero-order chi connectivity index (χ0) is 16.2. The summed E-state index contributed by atoms with van der Waals surface area (Å²) in [6, 6.07) is 9.10. The predicted octanol–water partition coefficient (Wildman–Crippen LogP) is 1.59. The Labute approximate surface area is 133 Å². The van der Waals surface area contributed by atoms with Crippen LogP contribution in [-0.2, 0) is 10.0 Å². The summed E-state index contributed by atoms with van der Waals surface area (Å²) in [6.07, 6.45) is 2.77. The van der Waals surface area contributed by atoms with Crippen LogP contribution in [0.5, 0.6) is 0 Å². The van der Waals surface area contributed by atoms with E-state index in [1.54, 1.807) is 30.3 Å². The van der Waals surface area contributed by atoms with Crippen molar-refractivity contribution in [2.45, 2.75) is 56.2 Å². The molecule has 0 bridgehead atoms. The SMILES string of the molecule is C[C@@H]1CCC[C@H](C)N1C[C@@H](O)CNS(=O)(=O)c1ccccc1. The van der Waals surface area contributed by atoms with Crippen molar-refractivity contribution in [1.29, 1.82) is 0 Å². The number of benzene rings is 1. The van der Waals surface area contributed by atoms with Crippen LogP contribution >= 0.6 is 0 Å². The lowest BCUT2D eigenvalue weighted by Crippen LogP contribution is -2.49. The Morgan fingerprint density at radius 2 is 1.82 bits per heavy atom. The number of β-amino-alcohol motifs (C(OH)–C–C–N with tert-alkyl or cyclic N) is 1. The number of sulfonamides is 1. The third-order valence-corrected chi connectivity index (χ3v) is 5.80. The number of rotatable bonds is 6. The Morgan fingerprint density at radius 1 is 1.23 bits per heavy atom. The van der Waals surface area contributed by atoms with E-state index in [0.717, 1.165) is 12.8 Å². The van der Waals surface area contributed by atoms with Crippen molar-refractivity contribution >= 4 is 10.0 Å². The van der Waals surface area contributed by atoms with Gasteiger partial charge in [0.15, 0.2) is 0 Å². The Bertz CT molecular complexity index is 552. The molecule has 1 saturated heterocycles. The van der Waals surface area contributed by atoms with Crippen molar-refractivity contribution in [1.82, 2.24) is 9.62 Å². The number of nitrogens with zero attached hydrogens (tertiary/aromatic N) is 1. The molecule has 2 N–H and O–H groups in total. The number of hydrogen-bond donors (Lipinski definition) is 2. The fraction of sp³-hybridized carbons (Fsp3) is 0.625. The van der Waals surface area contributed by atoms with E-state index in [2.05, 4.69) is 23.5 Å². The van der Waals surface area contributed by atoms with E-state index < -0.39 is 16.1 Å². The smallest absolute Gasteiger partial charge is 0.240 e. The molecule has 0 aliphatic carbocycles. The lowest BCUT2D eigenvalue weighted by atomic mass is 9.97. The summed E-state index contributed by atoms with van der Waals surface area (Å²) in [4.78, 5) is 2.49. The lowest BCUT2D eigenvalue weighted by molar-refractivity contribution is 0.0438. The second-order valence-corrected chi connectivity index (χ2v) is 7.91. The van der Waals surface area contributed by atoms with Gasteiger partial charge < -0.3 is 5.11 Å². The zero-order valence-electron chi connectivity index (χ0n) is 13.3. The van der Waals surface area contributed by atoms with E-state index in [9.17, 15) is 13.5 Å². The van der Waals surface area contributed by atoms with Crippen LogP contribution < -0.4 is 4.72 Å². The third kappa shape index (κ3) is 4.52. The first-order valence-corrected chi connectivity index (χ1v) is 9.37. The van der Waals surface area contributed by atoms with Crippen molar-refractivity contribution in [3.8, 4) is 0 Å². The number of nitrogens with one attached hydrogen (secondary N) is 1. The van der Waals surface area contributed by atoms with E-state index in [1.165, 1.54) is 6.42 Å². The summed E-state index contributed by atoms with van der Waals surface area (Å²) in [5, 5.41) is 10.2. The van der Waals surface area contributed by atoms with Crippen LogP contribution in [0.15, 0.2) is 35.2 Å². The van der Waals surface area contributed by atoms with Crippen LogP contribution in [0.2, 0.25) is 0 Å². The quantitative estimate of drug-likeness (QED) is 0.833. The Kier molecular flexibility index (Phi) is 5.97. The van der Waals surface area contributed by atoms with Gasteiger partial charge in [0.1, 0.15) is 0 Å². The summed E-state index contributed by atoms with van der Waals surface area (Å²) in [5.41, 5.74) is 0. The topological polar surface area (TPSA) is 69.6 Å². The van der Waals surface area contributed by atoms with E-state index in [0.29, 0.717) is 18.6 Å². The Hall–Kier alpha value is -0.950. The zero-order valence-corrected chi connectivity index (χ0v) is 14.1. The Morgan fingerprint density at radius 3 is 2.41 bits per heavy atom. The summed E-state index contributed by atoms with van der Waals surface area (Å²) < 4.78 is 26.7. The second-order valence-electron chi connectivity index (χ2n) is 6.14. The fourth-order valence-corrected chi connectivity index (χ4v) is 4.13. The normalized spacial score (nSPS) is 25.0. The number of aliphatic hydroxyl groups is 1. The molecule has 5 nitrogen and oxygen atoms in total. The fourth-order valence-electron chi connectivity index (χ4n) is 3.03. The van der Waals surface area contributed by atoms with Gasteiger partial charge in [0, 0.05) is 25.2 Å². The van der Waals surface area contributed by atoms with Gasteiger partial charge in [-0.15, -0.1) is 0 Å². The Balaban J connectivity index is 1.88. The number of piperidine rings is 1. The minimum atomic E-state index is -3.55. The van der Waals surface area contributed by atoms with Crippen molar-refractivity contribution in [3.63, 3.8) is 0 Å². The largest absolute Gasteiger partial charge is 0.390 e. The van der Waals surface area contributed by atoms with Gasteiger partial charge in [-0.2, -0.15) is 0 Å². The molecule has 0 spiro atoms.